The van der Waals surface area contributed by atoms with Crippen LogP contribution in [0.25, 0.3) is 21.8 Å². The minimum absolute atomic E-state index is 0.0472. The molecule has 6 heteroatoms. The second-order valence-electron chi connectivity index (χ2n) is 7.55. The van der Waals surface area contributed by atoms with Gasteiger partial charge in [-0.05, 0) is 47.6 Å². The molecular formula is C22H22N4O2. The van der Waals surface area contributed by atoms with Crippen molar-refractivity contribution >= 4 is 21.8 Å². The average Bonchev–Trinajstić information content (AvgIpc) is 2.66. The molecule has 0 aliphatic rings. The molecule has 2 heterocycles. The molecule has 2 aromatic heterocycles. The Hall–Kier alpha value is -3.28. The maximum atomic E-state index is 10.4. The van der Waals surface area contributed by atoms with Crippen LogP contribution in [-0.2, 0) is 6.42 Å². The SMILES string of the molecule is CC(C)c1cc2nc(CC(C)c3cc4cnncc4cc3O)cnc2cc1O. The lowest BCUT2D eigenvalue weighted by molar-refractivity contribution is 0.463. The van der Waals surface area contributed by atoms with Crippen molar-refractivity contribution in [2.75, 3.05) is 0 Å². The second kappa shape index (κ2) is 7.03. The third kappa shape index (κ3) is 3.33. The van der Waals surface area contributed by atoms with E-state index >= 15 is 0 Å². The van der Waals surface area contributed by atoms with E-state index in [0.29, 0.717) is 11.9 Å². The summed E-state index contributed by atoms with van der Waals surface area (Å²) in [4.78, 5) is 9.20. The van der Waals surface area contributed by atoms with Gasteiger partial charge in [0.2, 0.25) is 0 Å². The Morgan fingerprint density at radius 3 is 2.18 bits per heavy atom. The zero-order chi connectivity index (χ0) is 19.8. The van der Waals surface area contributed by atoms with Crippen LogP contribution in [0.1, 0.15) is 49.4 Å². The van der Waals surface area contributed by atoms with E-state index in [1.54, 1.807) is 30.7 Å². The van der Waals surface area contributed by atoms with Gasteiger partial charge < -0.3 is 10.2 Å². The fraction of sp³-hybridized carbons (Fsp3) is 0.273. The molecule has 0 saturated carbocycles. The highest BCUT2D eigenvalue weighted by molar-refractivity contribution is 5.83. The van der Waals surface area contributed by atoms with E-state index in [-0.39, 0.29) is 23.3 Å². The number of hydrogen-bond acceptors (Lipinski definition) is 6. The number of benzene rings is 2. The van der Waals surface area contributed by atoms with Crippen LogP contribution in [-0.4, -0.2) is 30.4 Å². The quantitative estimate of drug-likeness (QED) is 0.548. The predicted octanol–water partition coefficient (Wildman–Crippen LogP) is 4.45. The standard InChI is InChI=1S/C22H22N4O2/c1-12(2)17-7-20-19(8-22(17)28)23-11-16(26-20)4-13(3)18-5-14-9-24-25-10-15(14)6-21(18)27/h5-13,27-28H,4H2,1-3H3. The molecule has 142 valence electrons. The Morgan fingerprint density at radius 2 is 1.46 bits per heavy atom. The third-order valence-electron chi connectivity index (χ3n) is 5.10. The van der Waals surface area contributed by atoms with E-state index in [2.05, 4.69) is 22.1 Å². The Kier molecular flexibility index (Phi) is 4.55. The van der Waals surface area contributed by atoms with Crippen molar-refractivity contribution in [2.24, 2.45) is 0 Å². The Morgan fingerprint density at radius 1 is 0.786 bits per heavy atom. The van der Waals surface area contributed by atoms with Gasteiger partial charge in [-0.15, -0.1) is 0 Å². The van der Waals surface area contributed by atoms with Gasteiger partial charge in [-0.3, -0.25) is 4.98 Å². The van der Waals surface area contributed by atoms with E-state index in [1.807, 2.05) is 26.0 Å². The van der Waals surface area contributed by atoms with Gasteiger partial charge in [0.05, 0.1) is 29.1 Å². The molecule has 1 atom stereocenters. The van der Waals surface area contributed by atoms with Gasteiger partial charge in [0, 0.05) is 23.0 Å². The maximum Gasteiger partial charge on any atom is 0.121 e. The molecule has 28 heavy (non-hydrogen) atoms. The molecular weight excluding hydrogens is 352 g/mol. The number of rotatable bonds is 4. The van der Waals surface area contributed by atoms with Gasteiger partial charge in [0.15, 0.2) is 0 Å². The number of phenols is 2. The van der Waals surface area contributed by atoms with Crippen LogP contribution in [0.3, 0.4) is 0 Å². The van der Waals surface area contributed by atoms with Crippen molar-refractivity contribution < 1.29 is 10.2 Å². The number of hydrogen-bond donors (Lipinski definition) is 2. The van der Waals surface area contributed by atoms with Crippen molar-refractivity contribution in [3.8, 4) is 11.5 Å². The number of phenolic OH excluding ortho intramolecular Hbond substituents is 2. The first-order valence-electron chi connectivity index (χ1n) is 9.34. The first kappa shape index (κ1) is 18.1. The number of aromatic hydroxyl groups is 2. The topological polar surface area (TPSA) is 92.0 Å². The van der Waals surface area contributed by atoms with Gasteiger partial charge in [-0.25, -0.2) is 4.98 Å². The molecule has 0 bridgehead atoms. The fourth-order valence-corrected chi connectivity index (χ4v) is 3.54. The molecule has 0 amide bonds. The highest BCUT2D eigenvalue weighted by atomic mass is 16.3. The lowest BCUT2D eigenvalue weighted by atomic mass is 9.93. The predicted molar refractivity (Wildman–Crippen MR) is 109 cm³/mol. The Bertz CT molecular complexity index is 1170. The van der Waals surface area contributed by atoms with E-state index in [0.717, 1.165) is 33.1 Å². The lowest BCUT2D eigenvalue weighted by Gasteiger charge is -2.15. The van der Waals surface area contributed by atoms with Crippen LogP contribution in [0.5, 0.6) is 11.5 Å². The first-order chi connectivity index (χ1) is 13.4. The van der Waals surface area contributed by atoms with E-state index in [9.17, 15) is 10.2 Å². The van der Waals surface area contributed by atoms with Crippen molar-refractivity contribution in [1.29, 1.82) is 0 Å². The van der Waals surface area contributed by atoms with Crippen molar-refractivity contribution in [2.45, 2.75) is 39.0 Å². The van der Waals surface area contributed by atoms with Crippen molar-refractivity contribution in [3.05, 3.63) is 59.7 Å². The van der Waals surface area contributed by atoms with E-state index in [4.69, 9.17) is 4.98 Å². The molecule has 4 rings (SSSR count). The molecule has 0 spiro atoms. The molecule has 1 unspecified atom stereocenters. The minimum atomic E-state index is 0.0472. The minimum Gasteiger partial charge on any atom is -0.508 e. The summed E-state index contributed by atoms with van der Waals surface area (Å²) < 4.78 is 0. The van der Waals surface area contributed by atoms with Crippen LogP contribution in [0.2, 0.25) is 0 Å². The van der Waals surface area contributed by atoms with E-state index < -0.39 is 0 Å². The largest absolute Gasteiger partial charge is 0.508 e. The van der Waals surface area contributed by atoms with Crippen LogP contribution in [0.4, 0.5) is 0 Å². The highest BCUT2D eigenvalue weighted by Crippen LogP contribution is 2.33. The first-order valence-corrected chi connectivity index (χ1v) is 9.34. The third-order valence-corrected chi connectivity index (χ3v) is 5.10. The Labute approximate surface area is 162 Å². The van der Waals surface area contributed by atoms with Gasteiger partial charge >= 0.3 is 0 Å². The summed E-state index contributed by atoms with van der Waals surface area (Å²) in [5.74, 6) is 0.744. The molecule has 0 aliphatic heterocycles. The molecule has 6 nitrogen and oxygen atoms in total. The van der Waals surface area contributed by atoms with Crippen LogP contribution in [0, 0.1) is 0 Å². The summed E-state index contributed by atoms with van der Waals surface area (Å²) in [6.07, 6.45) is 5.70. The maximum absolute atomic E-state index is 10.4. The average molecular weight is 374 g/mol. The van der Waals surface area contributed by atoms with Crippen LogP contribution < -0.4 is 0 Å². The fourth-order valence-electron chi connectivity index (χ4n) is 3.54. The molecule has 2 aromatic carbocycles. The molecule has 0 saturated heterocycles. The molecule has 4 aromatic rings. The second-order valence-corrected chi connectivity index (χ2v) is 7.55. The zero-order valence-electron chi connectivity index (χ0n) is 16.1. The van der Waals surface area contributed by atoms with Gasteiger partial charge in [0.1, 0.15) is 11.5 Å². The summed E-state index contributed by atoms with van der Waals surface area (Å²) in [6.45, 7) is 6.12. The summed E-state index contributed by atoms with van der Waals surface area (Å²) >= 11 is 0. The van der Waals surface area contributed by atoms with Crippen molar-refractivity contribution in [3.63, 3.8) is 0 Å². The highest BCUT2D eigenvalue weighted by Gasteiger charge is 2.15. The Balaban J connectivity index is 1.67. The summed E-state index contributed by atoms with van der Waals surface area (Å²) in [5.41, 5.74) is 3.98. The molecule has 0 radical (unpaired) electrons. The lowest BCUT2D eigenvalue weighted by Crippen LogP contribution is -2.03. The molecule has 0 aliphatic carbocycles. The summed E-state index contributed by atoms with van der Waals surface area (Å²) in [5, 5.41) is 30.2. The van der Waals surface area contributed by atoms with Crippen LogP contribution >= 0.6 is 0 Å². The van der Waals surface area contributed by atoms with Crippen molar-refractivity contribution in [1.82, 2.24) is 20.2 Å². The number of nitrogens with zero attached hydrogens (tertiary/aromatic N) is 4. The zero-order valence-corrected chi connectivity index (χ0v) is 16.1. The molecule has 0 fully saturated rings. The van der Waals surface area contributed by atoms with Crippen LogP contribution in [0.15, 0.2) is 42.9 Å². The van der Waals surface area contributed by atoms with Gasteiger partial charge in [0.25, 0.3) is 0 Å². The summed E-state index contributed by atoms with van der Waals surface area (Å²) in [6, 6.07) is 7.25. The van der Waals surface area contributed by atoms with Gasteiger partial charge in [-0.1, -0.05) is 20.8 Å². The monoisotopic (exact) mass is 374 g/mol. The van der Waals surface area contributed by atoms with E-state index in [1.165, 1.54) is 0 Å². The number of aromatic nitrogens is 4. The normalized spacial score (nSPS) is 12.7. The summed E-state index contributed by atoms with van der Waals surface area (Å²) in [7, 11) is 0. The van der Waals surface area contributed by atoms with Gasteiger partial charge in [-0.2, -0.15) is 10.2 Å². The number of fused-ring (bicyclic) bond motifs is 2. The smallest absolute Gasteiger partial charge is 0.121 e. The molecule has 2 N–H and O–H groups in total.